The zero-order chi connectivity index (χ0) is 21.1. The molecule has 0 radical (unpaired) electrons. The lowest BCUT2D eigenvalue weighted by molar-refractivity contribution is 0.320. The van der Waals surface area contributed by atoms with Gasteiger partial charge in [0.1, 0.15) is 0 Å². The quantitative estimate of drug-likeness (QED) is 0.361. The van der Waals surface area contributed by atoms with Gasteiger partial charge in [-0.15, -0.1) is 0 Å². The molecular formula is C25H32O3S. The van der Waals surface area contributed by atoms with Crippen LogP contribution in [-0.2, 0) is 14.6 Å². The summed E-state index contributed by atoms with van der Waals surface area (Å²) in [6.45, 7) is 8.45. The van der Waals surface area contributed by atoms with Gasteiger partial charge in [0.15, 0.2) is 9.84 Å². The van der Waals surface area contributed by atoms with Crippen molar-refractivity contribution in [3.8, 4) is 0 Å². The van der Waals surface area contributed by atoms with Crippen LogP contribution in [0.4, 0.5) is 0 Å². The van der Waals surface area contributed by atoms with Gasteiger partial charge in [-0.3, -0.25) is 0 Å². The molecule has 0 amide bonds. The number of fused-ring (bicyclic) bond motifs is 1. The maximum absolute atomic E-state index is 12.7. The minimum absolute atomic E-state index is 0.0496. The first-order chi connectivity index (χ1) is 13.7. The lowest BCUT2D eigenvalue weighted by Gasteiger charge is -2.05. The predicted molar refractivity (Wildman–Crippen MR) is 121 cm³/mol. The first kappa shape index (κ1) is 21.8. The van der Waals surface area contributed by atoms with Gasteiger partial charge in [0, 0.05) is 0 Å². The second-order valence-electron chi connectivity index (χ2n) is 8.68. The van der Waals surface area contributed by atoms with E-state index in [4.69, 9.17) is 4.74 Å². The minimum atomic E-state index is -3.32. The summed E-state index contributed by atoms with van der Waals surface area (Å²) in [4.78, 5) is 0.390. The van der Waals surface area contributed by atoms with Crippen molar-refractivity contribution >= 4 is 20.6 Å². The van der Waals surface area contributed by atoms with E-state index in [9.17, 15) is 8.42 Å². The van der Waals surface area contributed by atoms with E-state index in [0.717, 1.165) is 42.0 Å². The van der Waals surface area contributed by atoms with Crippen LogP contribution in [0.3, 0.4) is 0 Å². The molecule has 0 aromatic heterocycles. The average Bonchev–Trinajstić information content (AvgIpc) is 3.31. The molecule has 1 saturated heterocycles. The summed E-state index contributed by atoms with van der Waals surface area (Å²) >= 11 is 0. The molecule has 1 fully saturated rings. The van der Waals surface area contributed by atoms with E-state index in [1.807, 2.05) is 43.3 Å². The predicted octanol–water partition coefficient (Wildman–Crippen LogP) is 6.24. The van der Waals surface area contributed by atoms with Crippen LogP contribution in [-0.4, -0.2) is 25.9 Å². The molecule has 1 unspecified atom stereocenters. The number of rotatable bonds is 9. The first-order valence-corrected chi connectivity index (χ1v) is 12.0. The van der Waals surface area contributed by atoms with E-state index in [0.29, 0.717) is 11.0 Å². The monoisotopic (exact) mass is 412 g/mol. The van der Waals surface area contributed by atoms with Gasteiger partial charge >= 0.3 is 0 Å². The fourth-order valence-corrected chi connectivity index (χ4v) is 4.84. The van der Waals surface area contributed by atoms with E-state index >= 15 is 0 Å². The van der Waals surface area contributed by atoms with Crippen LogP contribution < -0.4 is 0 Å². The molecule has 1 aliphatic rings. The number of hydrogen-bond donors (Lipinski definition) is 0. The maximum atomic E-state index is 12.7. The zero-order valence-corrected chi connectivity index (χ0v) is 18.8. The summed E-state index contributed by atoms with van der Waals surface area (Å²) in [5.41, 5.74) is 2.56. The molecule has 0 bridgehead atoms. The van der Waals surface area contributed by atoms with E-state index in [-0.39, 0.29) is 11.4 Å². The van der Waals surface area contributed by atoms with Crippen molar-refractivity contribution < 1.29 is 13.2 Å². The third-order valence-corrected chi connectivity index (χ3v) is 7.31. The Morgan fingerprint density at radius 3 is 2.34 bits per heavy atom. The standard InChI is InChI=1S/C25H32O3S/c1-19(12-15-24-25(3,4)28-24)8-7-9-20(2)16-17-29(26,27)23-14-13-21-10-5-6-11-22(21)18-23/h5-6,8,10-11,13-14,16,18,24H,7,9,12,15,17H2,1-4H3/b19-8+,20-16+. The van der Waals surface area contributed by atoms with Gasteiger partial charge in [0.2, 0.25) is 0 Å². The second-order valence-corrected chi connectivity index (χ2v) is 10.7. The van der Waals surface area contributed by atoms with Crippen molar-refractivity contribution in [3.63, 3.8) is 0 Å². The van der Waals surface area contributed by atoms with E-state index in [1.165, 1.54) is 5.57 Å². The van der Waals surface area contributed by atoms with Crippen LogP contribution in [0.25, 0.3) is 10.8 Å². The number of ether oxygens (including phenoxy) is 1. The Hall–Kier alpha value is -1.91. The molecule has 3 rings (SSSR count). The van der Waals surface area contributed by atoms with Crippen LogP contribution in [0.2, 0.25) is 0 Å². The van der Waals surface area contributed by atoms with Crippen molar-refractivity contribution in [2.24, 2.45) is 0 Å². The maximum Gasteiger partial charge on any atom is 0.181 e. The number of benzene rings is 2. The molecule has 29 heavy (non-hydrogen) atoms. The molecule has 1 heterocycles. The van der Waals surface area contributed by atoms with E-state index in [1.54, 1.807) is 12.1 Å². The Balaban J connectivity index is 1.50. The molecule has 0 saturated carbocycles. The van der Waals surface area contributed by atoms with Crippen molar-refractivity contribution in [2.45, 2.75) is 70.0 Å². The SMILES string of the molecule is C/C(=C\CS(=O)(=O)c1ccc2ccccc2c1)CC/C=C(\C)CCC1OC1(C)C. The highest BCUT2D eigenvalue weighted by Gasteiger charge is 2.46. The molecule has 156 valence electrons. The molecule has 4 heteroatoms. The van der Waals surface area contributed by atoms with Gasteiger partial charge in [-0.05, 0) is 76.3 Å². The molecular weight excluding hydrogens is 380 g/mol. The molecule has 0 aliphatic carbocycles. The Morgan fingerprint density at radius 1 is 1.00 bits per heavy atom. The van der Waals surface area contributed by atoms with Crippen LogP contribution >= 0.6 is 0 Å². The number of sulfone groups is 1. The highest BCUT2D eigenvalue weighted by Crippen LogP contribution is 2.38. The van der Waals surface area contributed by atoms with Gasteiger partial charge in [-0.2, -0.15) is 0 Å². The fraction of sp³-hybridized carbons (Fsp3) is 0.440. The Morgan fingerprint density at radius 2 is 1.66 bits per heavy atom. The molecule has 0 N–H and O–H groups in total. The minimum Gasteiger partial charge on any atom is -0.367 e. The normalized spacial score (nSPS) is 19.5. The topological polar surface area (TPSA) is 46.7 Å². The van der Waals surface area contributed by atoms with Gasteiger partial charge in [-0.25, -0.2) is 8.42 Å². The molecule has 2 aromatic carbocycles. The fourth-order valence-electron chi connectivity index (χ4n) is 3.56. The highest BCUT2D eigenvalue weighted by atomic mass is 32.2. The Kier molecular flexibility index (Phi) is 6.65. The summed E-state index contributed by atoms with van der Waals surface area (Å²) in [7, 11) is -3.32. The third-order valence-electron chi connectivity index (χ3n) is 5.73. The zero-order valence-electron chi connectivity index (χ0n) is 17.9. The molecule has 1 atom stereocenters. The van der Waals surface area contributed by atoms with Crippen LogP contribution in [0.1, 0.15) is 53.4 Å². The average molecular weight is 413 g/mol. The van der Waals surface area contributed by atoms with Gasteiger partial charge in [0.25, 0.3) is 0 Å². The van der Waals surface area contributed by atoms with Gasteiger partial charge < -0.3 is 4.74 Å². The molecule has 2 aromatic rings. The largest absolute Gasteiger partial charge is 0.367 e. The summed E-state index contributed by atoms with van der Waals surface area (Å²) < 4.78 is 31.0. The number of epoxide rings is 1. The van der Waals surface area contributed by atoms with Gasteiger partial charge in [0.05, 0.1) is 22.4 Å². The number of allylic oxidation sites excluding steroid dienone is 3. The summed E-state index contributed by atoms with van der Waals surface area (Å²) in [6.07, 6.45) is 8.49. The van der Waals surface area contributed by atoms with E-state index in [2.05, 4.69) is 26.8 Å². The number of hydrogen-bond acceptors (Lipinski definition) is 3. The molecule has 1 aliphatic heterocycles. The summed E-state index contributed by atoms with van der Waals surface area (Å²) in [5, 5.41) is 2.01. The van der Waals surface area contributed by atoms with Crippen molar-refractivity contribution in [3.05, 3.63) is 65.8 Å². The highest BCUT2D eigenvalue weighted by molar-refractivity contribution is 7.91. The van der Waals surface area contributed by atoms with Gasteiger partial charge in [-0.1, -0.05) is 53.6 Å². The van der Waals surface area contributed by atoms with Crippen molar-refractivity contribution in [1.29, 1.82) is 0 Å². The Bertz CT molecular complexity index is 1030. The first-order valence-electron chi connectivity index (χ1n) is 10.4. The van der Waals surface area contributed by atoms with Crippen molar-refractivity contribution in [1.82, 2.24) is 0 Å². The second kappa shape index (κ2) is 8.85. The molecule has 3 nitrogen and oxygen atoms in total. The van der Waals surface area contributed by atoms with Crippen LogP contribution in [0, 0.1) is 0 Å². The summed E-state index contributed by atoms with van der Waals surface area (Å²) in [5.74, 6) is 0.0496. The lowest BCUT2D eigenvalue weighted by Crippen LogP contribution is -2.05. The van der Waals surface area contributed by atoms with Crippen LogP contribution in [0.5, 0.6) is 0 Å². The van der Waals surface area contributed by atoms with Crippen molar-refractivity contribution in [2.75, 3.05) is 5.75 Å². The lowest BCUT2D eigenvalue weighted by atomic mass is 10.0. The van der Waals surface area contributed by atoms with Crippen LogP contribution in [0.15, 0.2) is 70.7 Å². The summed E-state index contributed by atoms with van der Waals surface area (Å²) in [6, 6.07) is 13.2. The Labute approximate surface area is 175 Å². The smallest absolute Gasteiger partial charge is 0.181 e. The molecule has 0 spiro atoms. The van der Waals surface area contributed by atoms with E-state index < -0.39 is 9.84 Å². The third kappa shape index (κ3) is 6.03.